The van der Waals surface area contributed by atoms with Crippen molar-refractivity contribution in [2.75, 3.05) is 6.54 Å². The summed E-state index contributed by atoms with van der Waals surface area (Å²) in [5.74, 6) is 1.04. The van der Waals surface area contributed by atoms with Crippen LogP contribution in [0.3, 0.4) is 0 Å². The molecule has 2 aromatic rings. The van der Waals surface area contributed by atoms with Crippen molar-refractivity contribution in [3.63, 3.8) is 0 Å². The van der Waals surface area contributed by atoms with Gasteiger partial charge in [0, 0.05) is 50.3 Å². The van der Waals surface area contributed by atoms with Crippen LogP contribution in [-0.4, -0.2) is 31.2 Å². The molecular formula is C17H25N5O. The van der Waals surface area contributed by atoms with Crippen molar-refractivity contribution in [1.29, 1.82) is 0 Å². The Hall–Kier alpha value is -1.95. The van der Waals surface area contributed by atoms with Gasteiger partial charge in [0.25, 0.3) is 5.56 Å². The summed E-state index contributed by atoms with van der Waals surface area (Å²) in [5, 5.41) is 4.48. The molecule has 124 valence electrons. The number of nitrogens with one attached hydrogen (secondary N) is 1. The van der Waals surface area contributed by atoms with Gasteiger partial charge in [-0.25, -0.2) is 4.98 Å². The van der Waals surface area contributed by atoms with E-state index >= 15 is 0 Å². The zero-order valence-electron chi connectivity index (χ0n) is 14.6. The van der Waals surface area contributed by atoms with Gasteiger partial charge in [-0.1, -0.05) is 13.8 Å². The second-order valence-corrected chi connectivity index (χ2v) is 6.76. The molecule has 0 aromatic carbocycles. The third-order valence-electron chi connectivity index (χ3n) is 4.75. The van der Waals surface area contributed by atoms with Gasteiger partial charge >= 0.3 is 0 Å². The van der Waals surface area contributed by atoms with Gasteiger partial charge in [-0.05, 0) is 13.8 Å². The monoisotopic (exact) mass is 315 g/mol. The largest absolute Gasteiger partial charge is 0.310 e. The predicted octanol–water partition coefficient (Wildman–Crippen LogP) is 1.80. The molecular weight excluding hydrogens is 290 g/mol. The Morgan fingerprint density at radius 1 is 1.30 bits per heavy atom. The number of nitrogens with zero attached hydrogens (tertiary/aromatic N) is 4. The molecule has 0 bridgehead atoms. The Labute approximate surface area is 136 Å². The maximum absolute atomic E-state index is 12.4. The average Bonchev–Trinajstić information content (AvgIpc) is 2.74. The van der Waals surface area contributed by atoms with Crippen LogP contribution in [0.1, 0.15) is 53.8 Å². The fourth-order valence-corrected chi connectivity index (χ4v) is 3.18. The van der Waals surface area contributed by atoms with Crippen LogP contribution in [0.5, 0.6) is 0 Å². The first-order chi connectivity index (χ1) is 10.9. The Kier molecular flexibility index (Phi) is 4.10. The molecule has 3 rings (SSSR count). The summed E-state index contributed by atoms with van der Waals surface area (Å²) in [4.78, 5) is 22.3. The molecule has 0 unspecified atom stereocenters. The molecule has 23 heavy (non-hydrogen) atoms. The molecule has 6 heteroatoms. The molecule has 0 saturated carbocycles. The Bertz CT molecular complexity index is 787. The second-order valence-electron chi connectivity index (χ2n) is 6.76. The molecule has 0 spiro atoms. The van der Waals surface area contributed by atoms with Crippen molar-refractivity contribution in [2.24, 2.45) is 7.05 Å². The maximum Gasteiger partial charge on any atom is 0.255 e. The maximum atomic E-state index is 12.4. The Balaban J connectivity index is 1.85. The molecule has 0 saturated heterocycles. The molecule has 0 amide bonds. The van der Waals surface area contributed by atoms with Crippen molar-refractivity contribution in [3.8, 4) is 0 Å². The number of fused-ring (bicyclic) bond motifs is 1. The summed E-state index contributed by atoms with van der Waals surface area (Å²) in [6, 6.07) is 0. The van der Waals surface area contributed by atoms with Gasteiger partial charge in [-0.2, -0.15) is 5.10 Å². The third kappa shape index (κ3) is 2.95. The topological polar surface area (TPSA) is 66.8 Å². The molecule has 0 atom stereocenters. The minimum Gasteiger partial charge on any atom is -0.310 e. The van der Waals surface area contributed by atoms with Crippen molar-refractivity contribution >= 4 is 0 Å². The van der Waals surface area contributed by atoms with Crippen LogP contribution in [0.25, 0.3) is 0 Å². The van der Waals surface area contributed by atoms with Crippen LogP contribution in [0, 0.1) is 13.8 Å². The molecule has 0 aliphatic carbocycles. The molecule has 1 N–H and O–H groups in total. The first-order valence-electron chi connectivity index (χ1n) is 8.20. The molecule has 0 radical (unpaired) electrons. The van der Waals surface area contributed by atoms with E-state index in [1.54, 1.807) is 0 Å². The summed E-state index contributed by atoms with van der Waals surface area (Å²) in [7, 11) is 1.97. The van der Waals surface area contributed by atoms with Gasteiger partial charge in [-0.3, -0.25) is 14.4 Å². The van der Waals surface area contributed by atoms with E-state index in [-0.39, 0.29) is 11.5 Å². The number of aromatic amines is 1. The first-order valence-corrected chi connectivity index (χ1v) is 8.20. The zero-order valence-corrected chi connectivity index (χ0v) is 14.6. The summed E-state index contributed by atoms with van der Waals surface area (Å²) >= 11 is 0. The number of H-pyrrole nitrogens is 1. The Morgan fingerprint density at radius 2 is 2.04 bits per heavy atom. The average molecular weight is 315 g/mol. The van der Waals surface area contributed by atoms with E-state index in [4.69, 9.17) is 0 Å². The van der Waals surface area contributed by atoms with Crippen LogP contribution in [-0.2, 0) is 26.6 Å². The summed E-state index contributed by atoms with van der Waals surface area (Å²) in [5.41, 5.74) is 5.32. The Morgan fingerprint density at radius 3 is 2.65 bits per heavy atom. The van der Waals surface area contributed by atoms with Crippen LogP contribution < -0.4 is 5.56 Å². The van der Waals surface area contributed by atoms with E-state index < -0.39 is 0 Å². The van der Waals surface area contributed by atoms with E-state index in [1.165, 1.54) is 11.3 Å². The van der Waals surface area contributed by atoms with Crippen molar-refractivity contribution in [3.05, 3.63) is 44.4 Å². The lowest BCUT2D eigenvalue weighted by atomic mass is 10.0. The van der Waals surface area contributed by atoms with E-state index in [1.807, 2.05) is 32.5 Å². The number of aromatic nitrogens is 4. The van der Waals surface area contributed by atoms with Gasteiger partial charge < -0.3 is 4.98 Å². The van der Waals surface area contributed by atoms with E-state index in [0.717, 1.165) is 42.3 Å². The third-order valence-corrected chi connectivity index (χ3v) is 4.75. The van der Waals surface area contributed by atoms with Crippen molar-refractivity contribution in [1.82, 2.24) is 24.6 Å². The highest BCUT2D eigenvalue weighted by molar-refractivity contribution is 5.26. The number of hydrogen-bond acceptors (Lipinski definition) is 4. The summed E-state index contributed by atoms with van der Waals surface area (Å²) in [6.45, 7) is 10.6. The number of rotatable bonds is 3. The molecule has 6 nitrogen and oxygen atoms in total. The summed E-state index contributed by atoms with van der Waals surface area (Å²) in [6.07, 6.45) is 0.831. The normalized spacial score (nSPS) is 15.2. The highest BCUT2D eigenvalue weighted by Crippen LogP contribution is 2.20. The van der Waals surface area contributed by atoms with Crippen LogP contribution in [0.15, 0.2) is 4.79 Å². The lowest BCUT2D eigenvalue weighted by molar-refractivity contribution is 0.240. The number of aryl methyl sites for hydroxylation is 2. The molecule has 3 heterocycles. The minimum absolute atomic E-state index is 0.0167. The van der Waals surface area contributed by atoms with Gasteiger partial charge in [0.2, 0.25) is 0 Å². The van der Waals surface area contributed by atoms with Crippen molar-refractivity contribution in [2.45, 2.75) is 53.1 Å². The SMILES string of the molecule is Cc1nn(C)c(C)c1CN1CCc2nc(C(C)C)[nH]c(=O)c2C1. The highest BCUT2D eigenvalue weighted by atomic mass is 16.1. The summed E-state index contributed by atoms with van der Waals surface area (Å²) < 4.78 is 1.92. The standard InChI is InChI=1S/C17H25N5O/c1-10(2)16-18-15-6-7-22(9-14(15)17(23)19-16)8-13-11(3)20-21(5)12(13)4/h10H,6-9H2,1-5H3,(H,18,19,23). The molecule has 2 aromatic heterocycles. The van der Waals surface area contributed by atoms with E-state index in [2.05, 4.69) is 26.9 Å². The fraction of sp³-hybridized carbons (Fsp3) is 0.588. The lowest BCUT2D eigenvalue weighted by Gasteiger charge is -2.28. The van der Waals surface area contributed by atoms with Gasteiger partial charge in [0.05, 0.1) is 17.0 Å². The molecule has 1 aliphatic heterocycles. The van der Waals surface area contributed by atoms with Crippen LogP contribution in [0.4, 0.5) is 0 Å². The molecule has 1 aliphatic rings. The quantitative estimate of drug-likeness (QED) is 0.938. The molecule has 0 fully saturated rings. The number of hydrogen-bond donors (Lipinski definition) is 1. The first kappa shape index (κ1) is 15.9. The minimum atomic E-state index is 0.0167. The van der Waals surface area contributed by atoms with Crippen LogP contribution >= 0.6 is 0 Å². The van der Waals surface area contributed by atoms with Crippen LogP contribution in [0.2, 0.25) is 0 Å². The fourth-order valence-electron chi connectivity index (χ4n) is 3.18. The van der Waals surface area contributed by atoms with Gasteiger partial charge in [0.15, 0.2) is 0 Å². The van der Waals surface area contributed by atoms with Crippen molar-refractivity contribution < 1.29 is 0 Å². The van der Waals surface area contributed by atoms with E-state index in [9.17, 15) is 4.79 Å². The zero-order chi connectivity index (χ0) is 16.7. The lowest BCUT2D eigenvalue weighted by Crippen LogP contribution is -2.36. The highest BCUT2D eigenvalue weighted by Gasteiger charge is 2.23. The smallest absolute Gasteiger partial charge is 0.255 e. The van der Waals surface area contributed by atoms with E-state index in [0.29, 0.717) is 6.54 Å². The second kappa shape index (κ2) is 5.92. The van der Waals surface area contributed by atoms with Gasteiger partial charge in [-0.15, -0.1) is 0 Å². The van der Waals surface area contributed by atoms with Gasteiger partial charge in [0.1, 0.15) is 5.82 Å². The predicted molar refractivity (Wildman–Crippen MR) is 89.4 cm³/mol.